The predicted molar refractivity (Wildman–Crippen MR) is 88.3 cm³/mol. The number of nitrogens with zero attached hydrogens (tertiary/aromatic N) is 1. The summed E-state index contributed by atoms with van der Waals surface area (Å²) in [6.45, 7) is 1.72. The van der Waals surface area contributed by atoms with E-state index in [2.05, 4.69) is 0 Å². The Balaban J connectivity index is 2.44. The van der Waals surface area contributed by atoms with Gasteiger partial charge in [0.1, 0.15) is 23.2 Å². The van der Waals surface area contributed by atoms with Crippen LogP contribution in [0.15, 0.2) is 40.3 Å². The lowest BCUT2D eigenvalue weighted by atomic mass is 10.0. The van der Waals surface area contributed by atoms with Crippen molar-refractivity contribution in [1.29, 1.82) is 5.26 Å². The van der Waals surface area contributed by atoms with Crippen molar-refractivity contribution in [1.82, 2.24) is 0 Å². The number of esters is 1. The van der Waals surface area contributed by atoms with E-state index in [9.17, 15) is 14.4 Å². The summed E-state index contributed by atoms with van der Waals surface area (Å²) in [5, 5.41) is 27.2. The van der Waals surface area contributed by atoms with Gasteiger partial charge < -0.3 is 19.4 Å². The number of hydrogen-bond donors (Lipinski definition) is 2. The second-order valence-corrected chi connectivity index (χ2v) is 5.00. The quantitative estimate of drug-likeness (QED) is 0.458. The highest BCUT2D eigenvalue weighted by Crippen LogP contribution is 2.26. The number of benzene rings is 1. The first-order valence-electron chi connectivity index (χ1n) is 7.36. The molecule has 0 unspecified atom stereocenters. The molecule has 1 aromatic carbocycles. The van der Waals surface area contributed by atoms with Crippen LogP contribution in [0.2, 0.25) is 0 Å². The number of nitriles is 1. The average molecular weight is 355 g/mol. The van der Waals surface area contributed by atoms with Crippen molar-refractivity contribution < 1.29 is 33.8 Å². The Morgan fingerprint density at radius 2 is 1.77 bits per heavy atom. The molecule has 8 nitrogen and oxygen atoms in total. The van der Waals surface area contributed by atoms with Crippen LogP contribution in [0.1, 0.15) is 33.4 Å². The zero-order valence-corrected chi connectivity index (χ0v) is 13.6. The molecule has 2 aromatic rings. The van der Waals surface area contributed by atoms with Gasteiger partial charge in [-0.2, -0.15) is 5.26 Å². The van der Waals surface area contributed by atoms with Crippen molar-refractivity contribution in [2.24, 2.45) is 0 Å². The third kappa shape index (κ3) is 4.15. The van der Waals surface area contributed by atoms with E-state index in [1.165, 1.54) is 30.3 Å². The Labute approximate surface area is 147 Å². The largest absolute Gasteiger partial charge is 0.478 e. The number of carboxylic acids is 2. The molecule has 0 bridgehead atoms. The van der Waals surface area contributed by atoms with E-state index < -0.39 is 17.9 Å². The van der Waals surface area contributed by atoms with Gasteiger partial charge in [-0.25, -0.2) is 14.4 Å². The highest BCUT2D eigenvalue weighted by Gasteiger charge is 2.15. The Hall–Kier alpha value is -3.86. The van der Waals surface area contributed by atoms with Crippen molar-refractivity contribution in [3.8, 4) is 17.4 Å². The van der Waals surface area contributed by atoms with Gasteiger partial charge in [0.2, 0.25) is 0 Å². The minimum atomic E-state index is -1.28. The number of rotatable bonds is 6. The number of furan rings is 1. The number of carbonyl (C=O) groups is 3. The predicted octanol–water partition coefficient (Wildman–Crippen LogP) is 2.81. The van der Waals surface area contributed by atoms with E-state index in [-0.39, 0.29) is 40.4 Å². The van der Waals surface area contributed by atoms with E-state index in [1.54, 1.807) is 13.0 Å². The van der Waals surface area contributed by atoms with Crippen molar-refractivity contribution in [2.45, 2.75) is 6.92 Å². The van der Waals surface area contributed by atoms with E-state index in [0.29, 0.717) is 0 Å². The fraction of sp³-hybridized carbons (Fsp3) is 0.111. The summed E-state index contributed by atoms with van der Waals surface area (Å²) < 4.78 is 10.2. The van der Waals surface area contributed by atoms with E-state index in [4.69, 9.17) is 24.6 Å². The topological polar surface area (TPSA) is 138 Å². The molecule has 0 radical (unpaired) electrons. The molecule has 0 atom stereocenters. The highest BCUT2D eigenvalue weighted by atomic mass is 16.5. The molecule has 2 N–H and O–H groups in total. The molecule has 1 aromatic heterocycles. The van der Waals surface area contributed by atoms with Gasteiger partial charge >= 0.3 is 17.9 Å². The molecule has 0 aliphatic carbocycles. The number of aromatic carboxylic acids is 2. The third-order valence-electron chi connectivity index (χ3n) is 3.24. The number of carboxylic acid groups (broad SMARTS) is 2. The van der Waals surface area contributed by atoms with Crippen molar-refractivity contribution in [2.75, 3.05) is 6.61 Å². The van der Waals surface area contributed by atoms with Crippen LogP contribution >= 0.6 is 0 Å². The van der Waals surface area contributed by atoms with Gasteiger partial charge in [-0.05, 0) is 37.3 Å². The summed E-state index contributed by atoms with van der Waals surface area (Å²) in [6, 6.07) is 8.19. The maximum Gasteiger partial charge on any atom is 0.349 e. The summed E-state index contributed by atoms with van der Waals surface area (Å²) in [5.41, 5.74) is -0.454. The lowest BCUT2D eigenvalue weighted by Crippen LogP contribution is -2.05. The maximum absolute atomic E-state index is 11.6. The van der Waals surface area contributed by atoms with Crippen molar-refractivity contribution >= 4 is 24.0 Å². The average Bonchev–Trinajstić information content (AvgIpc) is 3.08. The van der Waals surface area contributed by atoms with Crippen LogP contribution in [0.3, 0.4) is 0 Å². The van der Waals surface area contributed by atoms with E-state index in [0.717, 1.165) is 6.07 Å². The molecule has 26 heavy (non-hydrogen) atoms. The summed E-state index contributed by atoms with van der Waals surface area (Å²) in [4.78, 5) is 33.9. The van der Waals surface area contributed by atoms with Gasteiger partial charge in [-0.1, -0.05) is 0 Å². The van der Waals surface area contributed by atoms with Crippen LogP contribution in [-0.2, 0) is 9.53 Å². The normalized spacial score (nSPS) is 10.8. The van der Waals surface area contributed by atoms with E-state index in [1.807, 2.05) is 0 Å². The SMILES string of the molecule is CCOC(=O)/C(C#N)=C/c1ccc(-c2cc(C(=O)O)cc(C(=O)O)c2)o1. The molecule has 1 heterocycles. The van der Waals surface area contributed by atoms with Gasteiger partial charge in [-0.3, -0.25) is 0 Å². The zero-order valence-electron chi connectivity index (χ0n) is 13.6. The molecule has 0 aliphatic heterocycles. The van der Waals surface area contributed by atoms with E-state index >= 15 is 0 Å². The Bertz CT molecular complexity index is 914. The molecule has 132 valence electrons. The molecule has 0 amide bonds. The summed E-state index contributed by atoms with van der Waals surface area (Å²) in [5.74, 6) is -3.02. The smallest absolute Gasteiger partial charge is 0.349 e. The Kier molecular flexibility index (Phi) is 5.55. The lowest BCUT2D eigenvalue weighted by Gasteiger charge is -2.03. The molecule has 8 heteroatoms. The van der Waals surface area contributed by atoms with Crippen molar-refractivity contribution in [3.63, 3.8) is 0 Å². The molecule has 0 saturated carbocycles. The molecular weight excluding hydrogens is 342 g/mol. The fourth-order valence-corrected chi connectivity index (χ4v) is 2.09. The van der Waals surface area contributed by atoms with Crippen LogP contribution in [-0.4, -0.2) is 34.7 Å². The zero-order chi connectivity index (χ0) is 19.3. The summed E-state index contributed by atoms with van der Waals surface area (Å²) >= 11 is 0. The fourth-order valence-electron chi connectivity index (χ4n) is 2.09. The first-order chi connectivity index (χ1) is 12.3. The number of carbonyl (C=O) groups excluding carboxylic acids is 1. The monoisotopic (exact) mass is 355 g/mol. The maximum atomic E-state index is 11.6. The lowest BCUT2D eigenvalue weighted by molar-refractivity contribution is -0.137. The second-order valence-electron chi connectivity index (χ2n) is 5.00. The van der Waals surface area contributed by atoms with Gasteiger partial charge in [0.15, 0.2) is 0 Å². The molecule has 2 rings (SSSR count). The van der Waals surface area contributed by atoms with Gasteiger partial charge in [-0.15, -0.1) is 0 Å². The van der Waals surface area contributed by atoms with Gasteiger partial charge in [0, 0.05) is 11.6 Å². The molecule has 0 aliphatic rings. The second kappa shape index (κ2) is 7.81. The van der Waals surface area contributed by atoms with Crippen LogP contribution in [0.25, 0.3) is 17.4 Å². The molecule has 0 saturated heterocycles. The van der Waals surface area contributed by atoms with Crippen LogP contribution in [0.4, 0.5) is 0 Å². The van der Waals surface area contributed by atoms with Gasteiger partial charge in [0.05, 0.1) is 17.7 Å². The molecular formula is C18H13NO7. The van der Waals surface area contributed by atoms with Crippen LogP contribution in [0, 0.1) is 11.3 Å². The van der Waals surface area contributed by atoms with Crippen molar-refractivity contribution in [3.05, 3.63) is 52.8 Å². The highest BCUT2D eigenvalue weighted by molar-refractivity contribution is 5.98. The number of hydrogen-bond acceptors (Lipinski definition) is 6. The van der Waals surface area contributed by atoms with Gasteiger partial charge in [0.25, 0.3) is 0 Å². The summed E-state index contributed by atoms with van der Waals surface area (Å²) in [7, 11) is 0. The molecule has 0 fully saturated rings. The van der Waals surface area contributed by atoms with Crippen LogP contribution < -0.4 is 0 Å². The minimum Gasteiger partial charge on any atom is -0.478 e. The standard InChI is InChI=1S/C18H13NO7/c1-2-25-18(24)13(9-19)8-14-3-4-15(26-14)10-5-11(16(20)21)7-12(6-10)17(22)23/h3-8H,2H2,1H3,(H,20,21)(H,22,23)/b13-8+. The minimum absolute atomic E-state index is 0.112. The first kappa shape index (κ1) is 18.5. The number of ether oxygens (including phenoxy) is 1. The molecule has 0 spiro atoms. The first-order valence-corrected chi connectivity index (χ1v) is 7.36. The van der Waals surface area contributed by atoms with Crippen LogP contribution in [0.5, 0.6) is 0 Å². The third-order valence-corrected chi connectivity index (χ3v) is 3.24. The Morgan fingerprint density at radius 1 is 1.15 bits per heavy atom. The Morgan fingerprint density at radius 3 is 2.27 bits per heavy atom. The summed E-state index contributed by atoms with van der Waals surface area (Å²) in [6.07, 6.45) is 1.18.